The zero-order chi connectivity index (χ0) is 99.1. The summed E-state index contributed by atoms with van der Waals surface area (Å²) in [6, 6.07) is 172. The molecular weight excluding hydrogens is 1890 g/mol. The van der Waals surface area contributed by atoms with Gasteiger partial charge in [0.15, 0.2) is 17.5 Å². The maximum absolute atomic E-state index is 6.78. The molecule has 702 valence electrons. The molecule has 0 bridgehead atoms. The van der Waals surface area contributed by atoms with Gasteiger partial charge in [0.1, 0.15) is 33.5 Å². The molecule has 0 amide bonds. The number of benzene rings is 20. The number of fused-ring (bicyclic) bond motifs is 18. The molecule has 0 aliphatic carbocycles. The molecule has 13 heteroatoms. The molecule has 0 N–H and O–H groups in total. The van der Waals surface area contributed by atoms with Crippen LogP contribution in [0.15, 0.2) is 517 Å². The molecule has 30 aromatic rings. The van der Waals surface area contributed by atoms with Crippen LogP contribution in [-0.2, 0) is 0 Å². The molecule has 0 atom stereocenters. The third-order valence-corrected chi connectivity index (χ3v) is 31.9. The van der Waals surface area contributed by atoms with Gasteiger partial charge in [0.25, 0.3) is 0 Å². The quantitative estimate of drug-likeness (QED) is 0.0978. The van der Waals surface area contributed by atoms with Gasteiger partial charge in [0.2, 0.25) is 0 Å². The number of thiophene rings is 3. The van der Waals surface area contributed by atoms with E-state index in [0.29, 0.717) is 17.5 Å². The summed E-state index contributed by atoms with van der Waals surface area (Å²) < 4.78 is 28.0. The number of para-hydroxylation sites is 3. The average Bonchev–Trinajstić information content (AvgIpc) is 1.58. The Kier molecular flexibility index (Phi) is 22.3. The van der Waals surface area contributed by atoms with Crippen LogP contribution in [0.5, 0.6) is 0 Å². The highest BCUT2D eigenvalue weighted by molar-refractivity contribution is 7.26. The van der Waals surface area contributed by atoms with Crippen molar-refractivity contribution in [2.45, 2.75) is 0 Å². The van der Waals surface area contributed by atoms with Gasteiger partial charge in [0.05, 0.1) is 34.2 Å². The summed E-state index contributed by atoms with van der Waals surface area (Å²) in [4.78, 5) is 35.6. The van der Waals surface area contributed by atoms with Crippen molar-refractivity contribution >= 4 is 160 Å². The van der Waals surface area contributed by atoms with Crippen LogP contribution in [0.25, 0.3) is 295 Å². The fourth-order valence-corrected chi connectivity index (χ4v) is 24.8. The van der Waals surface area contributed by atoms with Crippen LogP contribution in [0, 0.1) is 0 Å². The maximum atomic E-state index is 6.78. The van der Waals surface area contributed by atoms with Crippen LogP contribution in [0.2, 0.25) is 0 Å². The molecule has 20 aromatic carbocycles. The SMILES string of the molecule is c1ccc(-c2cc(-c3cccc(-c4cccnc4)c3)nc(-c3ccc(-c4cccc5sc6ccccc6c45)c4oc5ccccc5c34)n2)cc1.c1ccc(-c2ccc(-c3cc(-c4ccc(-c5cccc6sc7ccccc7c56)c5oc6ccccc6c45)nc(-c4ccccc4)n3)cc2)cc1.c1ccc(-c2ccc(-c3nc(-c4ccccc4)cc(-c4ccc(-c5cccc6sc7ccccc7c56)c5oc6ccccc6c45)n3)cc2)cc1. The third-order valence-electron chi connectivity index (χ3n) is 28.5. The van der Waals surface area contributed by atoms with Crippen molar-refractivity contribution < 1.29 is 13.3 Å². The smallest absolute Gasteiger partial charge is 0.161 e. The van der Waals surface area contributed by atoms with E-state index >= 15 is 0 Å². The first kappa shape index (κ1) is 88.5. The predicted molar refractivity (Wildman–Crippen MR) is 626 cm³/mol. The monoisotopic (exact) mass is 1970 g/mol. The molecule has 0 spiro atoms. The van der Waals surface area contributed by atoms with Crippen molar-refractivity contribution in [3.05, 3.63) is 504 Å². The lowest BCUT2D eigenvalue weighted by Gasteiger charge is -2.12. The Hall–Kier alpha value is -19.2. The summed E-state index contributed by atoms with van der Waals surface area (Å²) in [6.07, 6.45) is 3.69. The van der Waals surface area contributed by atoms with Gasteiger partial charge in [-0.2, -0.15) is 0 Å². The van der Waals surface area contributed by atoms with E-state index in [1.54, 1.807) is 6.20 Å². The largest absolute Gasteiger partial charge is 0.455 e. The fraction of sp³-hybridized carbons (Fsp3) is 0. The van der Waals surface area contributed by atoms with Gasteiger partial charge in [-0.3, -0.25) is 4.98 Å². The fourth-order valence-electron chi connectivity index (χ4n) is 21.4. The van der Waals surface area contributed by atoms with E-state index in [1.165, 1.54) is 88.3 Å². The summed E-state index contributed by atoms with van der Waals surface area (Å²) >= 11 is 5.49. The molecule has 0 aliphatic rings. The highest BCUT2D eigenvalue weighted by atomic mass is 32.1. The number of pyridine rings is 1. The van der Waals surface area contributed by atoms with E-state index < -0.39 is 0 Å². The number of nitrogens with zero attached hydrogens (tertiary/aromatic N) is 7. The van der Waals surface area contributed by atoms with E-state index in [9.17, 15) is 0 Å². The zero-order valence-corrected chi connectivity index (χ0v) is 82.9. The lowest BCUT2D eigenvalue weighted by atomic mass is 9.94. The summed E-state index contributed by atoms with van der Waals surface area (Å²) in [7, 11) is 0. The molecule has 0 aliphatic heterocycles. The predicted octanol–water partition coefficient (Wildman–Crippen LogP) is 38.6. The minimum atomic E-state index is 0.649. The van der Waals surface area contributed by atoms with Gasteiger partial charge in [0, 0.05) is 178 Å². The maximum Gasteiger partial charge on any atom is 0.161 e. The van der Waals surface area contributed by atoms with Crippen molar-refractivity contribution in [1.82, 2.24) is 34.9 Å². The first-order chi connectivity index (χ1) is 74.3. The van der Waals surface area contributed by atoms with Crippen LogP contribution < -0.4 is 0 Å². The molecular formula is C137H83N7O3S3. The second-order valence-corrected chi connectivity index (χ2v) is 40.7. The second kappa shape index (κ2) is 37.8. The van der Waals surface area contributed by atoms with Gasteiger partial charge in [-0.25, -0.2) is 29.9 Å². The van der Waals surface area contributed by atoms with E-state index in [2.05, 4.69) is 411 Å². The lowest BCUT2D eigenvalue weighted by Crippen LogP contribution is -1.97. The van der Waals surface area contributed by atoms with Crippen LogP contribution >= 0.6 is 34.0 Å². The third kappa shape index (κ3) is 16.1. The average molecular weight is 1970 g/mol. The molecule has 10 heterocycles. The Morgan fingerprint density at radius 1 is 0.153 bits per heavy atom. The molecule has 0 saturated carbocycles. The van der Waals surface area contributed by atoms with Gasteiger partial charge in [-0.05, 0) is 154 Å². The van der Waals surface area contributed by atoms with Crippen molar-refractivity contribution in [1.29, 1.82) is 0 Å². The number of hydrogen-bond donors (Lipinski definition) is 0. The molecule has 0 unspecified atom stereocenters. The molecule has 0 radical (unpaired) electrons. The highest BCUT2D eigenvalue weighted by Gasteiger charge is 2.28. The lowest BCUT2D eigenvalue weighted by molar-refractivity contribution is 0.669. The molecule has 150 heavy (non-hydrogen) atoms. The topological polar surface area (TPSA) is 130 Å². The Balaban J connectivity index is 0.000000108. The molecule has 10 aromatic heterocycles. The van der Waals surface area contributed by atoms with Crippen LogP contribution in [-0.4, -0.2) is 34.9 Å². The molecule has 30 rings (SSSR count). The normalized spacial score (nSPS) is 11.6. The van der Waals surface area contributed by atoms with E-state index in [4.69, 9.17) is 43.2 Å². The van der Waals surface area contributed by atoms with Gasteiger partial charge < -0.3 is 13.3 Å². The minimum Gasteiger partial charge on any atom is -0.455 e. The molecule has 0 saturated heterocycles. The number of aromatic nitrogens is 7. The van der Waals surface area contributed by atoms with Gasteiger partial charge >= 0.3 is 0 Å². The standard InChI is InChI=1S/2C46H28N2OS.C45H27N3OS/c1-3-12-29(13-4-1)30-22-24-31(25-23-30)38-28-39(48-46(47-38)32-14-5-2-6-15-32)35-27-26-34(45-44(35)36-16-7-9-19-40(36)49-45)33-18-11-21-42-43(33)37-17-8-10-20-41(37)50-42;1-3-12-29(13-4-1)30-22-24-32(25-23-30)46-47-38(31-14-5-2-6-15-31)28-39(48-46)35-27-26-34(45-44(35)36-16-7-9-19-40(36)49-45)33-18-11-21-42-43(33)37-17-8-10-20-41(37)50-42;1-2-11-28(12-3-1)37-26-38(30-14-8-13-29(25-30)31-15-10-24-46-27-31)48-45(47-37)36-23-22-33(44-43(36)34-16-4-6-19-39(34)49-44)32-18-9-21-41-42(32)35-17-5-7-20-40(35)50-41/h2*1-28H;1-27H. The van der Waals surface area contributed by atoms with Crippen LogP contribution in [0.3, 0.4) is 0 Å². The van der Waals surface area contributed by atoms with Crippen molar-refractivity contribution in [2.24, 2.45) is 0 Å². The number of hydrogen-bond acceptors (Lipinski definition) is 13. The summed E-state index contributed by atoms with van der Waals surface area (Å²) in [5.41, 5.74) is 32.8. The first-order valence-electron chi connectivity index (χ1n) is 50.1. The minimum absolute atomic E-state index is 0.649. The summed E-state index contributed by atoms with van der Waals surface area (Å²) in [5, 5.41) is 13.8. The number of rotatable bonds is 15. The van der Waals surface area contributed by atoms with E-state index in [-0.39, 0.29) is 0 Å². The van der Waals surface area contributed by atoms with Crippen molar-refractivity contribution in [3.63, 3.8) is 0 Å². The first-order valence-corrected chi connectivity index (χ1v) is 52.5. The Morgan fingerprint density at radius 2 is 0.427 bits per heavy atom. The van der Waals surface area contributed by atoms with Crippen molar-refractivity contribution in [2.75, 3.05) is 0 Å². The molecule has 0 fully saturated rings. The van der Waals surface area contributed by atoms with Crippen LogP contribution in [0.4, 0.5) is 0 Å². The zero-order valence-electron chi connectivity index (χ0n) is 80.5. The Bertz CT molecular complexity index is 10100. The summed E-state index contributed by atoms with van der Waals surface area (Å²) in [6.45, 7) is 0. The number of furan rings is 3. The van der Waals surface area contributed by atoms with Crippen LogP contribution in [0.1, 0.15) is 0 Å². The highest BCUT2D eigenvalue weighted by Crippen LogP contribution is 2.52. The van der Waals surface area contributed by atoms with Crippen molar-refractivity contribution in [3.8, 4) is 168 Å². The Labute approximate surface area is 873 Å². The summed E-state index contributed by atoms with van der Waals surface area (Å²) in [5.74, 6) is 2.01. The van der Waals surface area contributed by atoms with E-state index in [0.717, 1.165) is 189 Å². The van der Waals surface area contributed by atoms with Gasteiger partial charge in [-0.1, -0.05) is 382 Å². The van der Waals surface area contributed by atoms with Gasteiger partial charge in [-0.15, -0.1) is 34.0 Å². The molecule has 10 nitrogen and oxygen atoms in total. The second-order valence-electron chi connectivity index (χ2n) is 37.4. The van der Waals surface area contributed by atoms with E-state index in [1.807, 2.05) is 125 Å². The Morgan fingerprint density at radius 3 is 0.840 bits per heavy atom.